The fourth-order valence-electron chi connectivity index (χ4n) is 3.35. The van der Waals surface area contributed by atoms with Crippen LogP contribution in [0.2, 0.25) is 0 Å². The Morgan fingerprint density at radius 3 is 2.52 bits per heavy atom. The van der Waals surface area contributed by atoms with Crippen LogP contribution in [-0.4, -0.2) is 37.9 Å². The Morgan fingerprint density at radius 2 is 1.91 bits per heavy atom. The predicted molar refractivity (Wildman–Crippen MR) is 118 cm³/mol. The topological polar surface area (TPSA) is 94.7 Å². The van der Waals surface area contributed by atoms with Gasteiger partial charge in [0.2, 0.25) is 0 Å². The molecule has 0 spiro atoms. The summed E-state index contributed by atoms with van der Waals surface area (Å²) in [6, 6.07) is 7.53. The number of fused-ring (bicyclic) bond motifs is 1. The number of piperidine rings is 1. The van der Waals surface area contributed by atoms with E-state index in [1.54, 1.807) is 24.7 Å². The van der Waals surface area contributed by atoms with Crippen molar-refractivity contribution in [2.24, 2.45) is 0 Å². The molecule has 1 aliphatic rings. The van der Waals surface area contributed by atoms with E-state index in [9.17, 15) is 18.4 Å². The molecule has 5 rings (SSSR count). The summed E-state index contributed by atoms with van der Waals surface area (Å²) in [5.74, 6) is 0. The highest BCUT2D eigenvalue weighted by molar-refractivity contribution is 7.99. The lowest BCUT2D eigenvalue weighted by atomic mass is 10.1. The van der Waals surface area contributed by atoms with E-state index in [2.05, 4.69) is 31.7 Å². The van der Waals surface area contributed by atoms with E-state index in [1.807, 2.05) is 0 Å². The summed E-state index contributed by atoms with van der Waals surface area (Å²) >= 11 is 1.04. The van der Waals surface area contributed by atoms with Gasteiger partial charge in [0.1, 0.15) is 16.8 Å². The Morgan fingerprint density at radius 1 is 1.09 bits per heavy atom. The molecule has 33 heavy (non-hydrogen) atoms. The molecule has 0 bridgehead atoms. The first-order valence-electron chi connectivity index (χ1n) is 10.3. The van der Waals surface area contributed by atoms with Gasteiger partial charge in [-0.05, 0) is 44.1 Å². The van der Waals surface area contributed by atoms with E-state index < -0.39 is 11.9 Å². The van der Waals surface area contributed by atoms with Crippen LogP contribution < -0.4 is 5.32 Å². The number of aromatic amines is 1. The third-order valence-corrected chi connectivity index (χ3v) is 5.93. The van der Waals surface area contributed by atoms with Crippen LogP contribution in [0.4, 0.5) is 13.2 Å². The van der Waals surface area contributed by atoms with Crippen LogP contribution in [0.25, 0.3) is 16.6 Å². The molecule has 0 atom stereocenters. The van der Waals surface area contributed by atoms with Crippen molar-refractivity contribution in [3.63, 3.8) is 0 Å². The lowest BCUT2D eigenvalue weighted by Gasteiger charge is -2.09. The van der Waals surface area contributed by atoms with Gasteiger partial charge >= 0.3 is 6.18 Å². The standard InChI is InChI=1S/C17H9F3N6S.C5H11N/c18-17(19,20)14-2-1-3-15(25-14)27-13-4-10(12-6-22-23-7-12)9-26-16(13)11(5-21)8-24-26;1-2-4-6-5-3-1/h1-4,6-9H,(H,22,23);6H,1-5H2. The molecule has 1 aliphatic heterocycles. The maximum atomic E-state index is 12.9. The maximum absolute atomic E-state index is 12.9. The third-order valence-electron chi connectivity index (χ3n) is 4.96. The van der Waals surface area contributed by atoms with Crippen LogP contribution in [0.3, 0.4) is 0 Å². The Bertz CT molecular complexity index is 1240. The van der Waals surface area contributed by atoms with Gasteiger partial charge in [0.05, 0.1) is 23.5 Å². The summed E-state index contributed by atoms with van der Waals surface area (Å²) in [5.41, 5.74) is 1.39. The van der Waals surface area contributed by atoms with Gasteiger partial charge in [0, 0.05) is 28.4 Å². The smallest absolute Gasteiger partial charge is 0.317 e. The second-order valence-electron chi connectivity index (χ2n) is 7.31. The zero-order chi connectivity index (χ0) is 23.3. The molecule has 0 aromatic carbocycles. The van der Waals surface area contributed by atoms with Crippen LogP contribution in [0, 0.1) is 11.3 Å². The largest absolute Gasteiger partial charge is 0.433 e. The molecule has 1 fully saturated rings. The molecule has 170 valence electrons. The summed E-state index contributed by atoms with van der Waals surface area (Å²) in [4.78, 5) is 4.25. The van der Waals surface area contributed by atoms with Gasteiger partial charge in [-0.15, -0.1) is 0 Å². The van der Waals surface area contributed by atoms with Crippen molar-refractivity contribution in [3.8, 4) is 17.2 Å². The molecule has 5 heterocycles. The van der Waals surface area contributed by atoms with Crippen LogP contribution in [0.15, 0.2) is 59.0 Å². The van der Waals surface area contributed by atoms with Crippen molar-refractivity contribution in [1.82, 2.24) is 30.1 Å². The molecule has 11 heteroatoms. The van der Waals surface area contributed by atoms with Crippen molar-refractivity contribution in [3.05, 3.63) is 60.3 Å². The minimum atomic E-state index is -4.53. The molecule has 4 aromatic rings. The highest BCUT2D eigenvalue weighted by Crippen LogP contribution is 2.36. The van der Waals surface area contributed by atoms with Gasteiger partial charge in [-0.3, -0.25) is 5.10 Å². The monoisotopic (exact) mass is 471 g/mol. The second kappa shape index (κ2) is 10.1. The number of aromatic nitrogens is 5. The normalized spacial score (nSPS) is 13.9. The van der Waals surface area contributed by atoms with Gasteiger partial charge in [-0.2, -0.15) is 28.6 Å². The van der Waals surface area contributed by atoms with Crippen molar-refractivity contribution in [1.29, 1.82) is 5.26 Å². The summed E-state index contributed by atoms with van der Waals surface area (Å²) < 4.78 is 40.3. The Kier molecular flexibility index (Phi) is 6.96. The predicted octanol–water partition coefficient (Wildman–Crippen LogP) is 4.92. The number of hydrogen-bond donors (Lipinski definition) is 2. The number of hydrogen-bond acceptors (Lipinski definition) is 6. The number of H-pyrrole nitrogens is 1. The summed E-state index contributed by atoms with van der Waals surface area (Å²) in [6.45, 7) is 2.50. The van der Waals surface area contributed by atoms with E-state index in [-0.39, 0.29) is 5.03 Å². The first-order chi connectivity index (χ1) is 16.0. The molecular formula is C22H20F3N7S. The quantitative estimate of drug-likeness (QED) is 0.440. The van der Waals surface area contributed by atoms with Gasteiger partial charge in [0.25, 0.3) is 0 Å². The fourth-order valence-corrected chi connectivity index (χ4v) is 4.36. The number of nitrogens with zero attached hydrogens (tertiary/aromatic N) is 5. The van der Waals surface area contributed by atoms with Crippen molar-refractivity contribution >= 4 is 17.3 Å². The van der Waals surface area contributed by atoms with Crippen molar-refractivity contribution < 1.29 is 13.2 Å². The average molecular weight is 472 g/mol. The van der Waals surface area contributed by atoms with Crippen LogP contribution in [-0.2, 0) is 6.18 Å². The molecule has 0 aliphatic carbocycles. The zero-order valence-corrected chi connectivity index (χ0v) is 18.2. The molecule has 7 nitrogen and oxygen atoms in total. The van der Waals surface area contributed by atoms with Crippen molar-refractivity contribution in [2.45, 2.75) is 35.4 Å². The Labute approximate surface area is 192 Å². The molecule has 4 aromatic heterocycles. The first-order valence-corrected chi connectivity index (χ1v) is 11.1. The zero-order valence-electron chi connectivity index (χ0n) is 17.4. The van der Waals surface area contributed by atoms with Crippen LogP contribution in [0.1, 0.15) is 30.5 Å². The molecule has 2 N–H and O–H groups in total. The Balaban J connectivity index is 0.000000376. The number of nitrogens with one attached hydrogen (secondary N) is 2. The van der Waals surface area contributed by atoms with Gasteiger partial charge in [-0.25, -0.2) is 9.50 Å². The first kappa shape index (κ1) is 22.8. The molecule has 1 saturated heterocycles. The minimum absolute atomic E-state index is 0.168. The third kappa shape index (κ3) is 5.53. The van der Waals surface area contributed by atoms with E-state index in [0.717, 1.165) is 29.0 Å². The molecule has 0 amide bonds. The number of halogens is 3. The summed E-state index contributed by atoms with van der Waals surface area (Å²) in [5, 5.41) is 23.6. The van der Waals surface area contributed by atoms with Gasteiger partial charge in [0.15, 0.2) is 0 Å². The highest BCUT2D eigenvalue weighted by Gasteiger charge is 2.32. The highest BCUT2D eigenvalue weighted by atomic mass is 32.2. The van der Waals surface area contributed by atoms with E-state index in [4.69, 9.17) is 0 Å². The summed E-state index contributed by atoms with van der Waals surface area (Å²) in [6.07, 6.45) is 6.13. The van der Waals surface area contributed by atoms with Crippen molar-refractivity contribution in [2.75, 3.05) is 13.1 Å². The molecule has 0 unspecified atom stereocenters. The lowest BCUT2D eigenvalue weighted by molar-refractivity contribution is -0.141. The van der Waals surface area contributed by atoms with Gasteiger partial charge in [-0.1, -0.05) is 24.2 Å². The second-order valence-corrected chi connectivity index (χ2v) is 8.38. The number of nitriles is 1. The van der Waals surface area contributed by atoms with Crippen LogP contribution in [0.5, 0.6) is 0 Å². The van der Waals surface area contributed by atoms with E-state index in [1.165, 1.54) is 55.2 Å². The van der Waals surface area contributed by atoms with E-state index >= 15 is 0 Å². The number of pyridine rings is 2. The minimum Gasteiger partial charge on any atom is -0.317 e. The molecular weight excluding hydrogens is 451 g/mol. The number of alkyl halides is 3. The van der Waals surface area contributed by atoms with Gasteiger partial charge < -0.3 is 5.32 Å². The lowest BCUT2D eigenvalue weighted by Crippen LogP contribution is -2.21. The number of rotatable bonds is 3. The van der Waals surface area contributed by atoms with E-state index in [0.29, 0.717) is 16.0 Å². The molecule has 0 saturated carbocycles. The van der Waals surface area contributed by atoms with Crippen LogP contribution >= 0.6 is 11.8 Å². The average Bonchev–Trinajstić information content (AvgIpc) is 3.50. The Hall–Kier alpha value is -3.36. The SMILES string of the molecule is C1CCNCC1.N#Cc1cnn2cc(-c3cn[nH]c3)cc(Sc3cccc(C(F)(F)F)n3)c12. The molecule has 0 radical (unpaired) electrons. The fraction of sp³-hybridized carbons (Fsp3) is 0.273. The maximum Gasteiger partial charge on any atom is 0.433 e. The summed E-state index contributed by atoms with van der Waals surface area (Å²) in [7, 11) is 0.